The van der Waals surface area contributed by atoms with Crippen LogP contribution < -0.4 is 5.32 Å². The van der Waals surface area contributed by atoms with E-state index in [4.69, 9.17) is 0 Å². The summed E-state index contributed by atoms with van der Waals surface area (Å²) in [6.07, 6.45) is 5.15. The lowest BCUT2D eigenvalue weighted by atomic mass is 10.1. The van der Waals surface area contributed by atoms with E-state index in [1.807, 2.05) is 0 Å². The van der Waals surface area contributed by atoms with Crippen LogP contribution in [0.3, 0.4) is 0 Å². The summed E-state index contributed by atoms with van der Waals surface area (Å²) in [5.74, 6) is 2.11. The lowest BCUT2D eigenvalue weighted by Crippen LogP contribution is -2.38. The summed E-state index contributed by atoms with van der Waals surface area (Å²) in [6.45, 7) is 12.7. The zero-order chi connectivity index (χ0) is 12.4. The SMILES string of the molecule is CCCNC(CCC)C(CC)SCC(C)C. The van der Waals surface area contributed by atoms with E-state index in [-0.39, 0.29) is 0 Å². The van der Waals surface area contributed by atoms with Gasteiger partial charge in [0.15, 0.2) is 0 Å². The molecule has 0 bridgehead atoms. The fraction of sp³-hybridized carbons (Fsp3) is 1.00. The molecule has 0 heterocycles. The molecule has 0 rings (SSSR count). The molecule has 2 heteroatoms. The maximum absolute atomic E-state index is 3.72. The average Bonchev–Trinajstić information content (AvgIpc) is 2.26. The van der Waals surface area contributed by atoms with Gasteiger partial charge in [-0.1, -0.05) is 41.0 Å². The molecule has 16 heavy (non-hydrogen) atoms. The van der Waals surface area contributed by atoms with Crippen molar-refractivity contribution in [3.63, 3.8) is 0 Å². The van der Waals surface area contributed by atoms with Crippen molar-refractivity contribution < 1.29 is 0 Å². The average molecular weight is 245 g/mol. The van der Waals surface area contributed by atoms with Gasteiger partial charge >= 0.3 is 0 Å². The van der Waals surface area contributed by atoms with Gasteiger partial charge in [-0.2, -0.15) is 11.8 Å². The fourth-order valence-corrected chi connectivity index (χ4v) is 3.23. The molecule has 0 saturated heterocycles. The van der Waals surface area contributed by atoms with Gasteiger partial charge in [0.05, 0.1) is 0 Å². The van der Waals surface area contributed by atoms with Gasteiger partial charge in [0.2, 0.25) is 0 Å². The Bertz CT molecular complexity index is 148. The van der Waals surface area contributed by atoms with Gasteiger partial charge in [0, 0.05) is 11.3 Å². The normalized spacial score (nSPS) is 15.4. The number of hydrogen-bond acceptors (Lipinski definition) is 2. The minimum absolute atomic E-state index is 0.721. The number of thioether (sulfide) groups is 1. The summed E-state index contributed by atoms with van der Waals surface area (Å²) in [5.41, 5.74) is 0. The molecule has 2 atom stereocenters. The molecule has 0 fully saturated rings. The lowest BCUT2D eigenvalue weighted by molar-refractivity contribution is 0.454. The van der Waals surface area contributed by atoms with Gasteiger partial charge in [-0.05, 0) is 37.5 Å². The molecule has 1 nitrogen and oxygen atoms in total. The molecular weight excluding hydrogens is 214 g/mol. The van der Waals surface area contributed by atoms with Crippen molar-refractivity contribution >= 4 is 11.8 Å². The standard InChI is InChI=1S/C14H31NS/c1-6-9-13(15-10-7-2)14(8-3)16-11-12(4)5/h12-15H,6-11H2,1-5H3. The predicted molar refractivity (Wildman–Crippen MR) is 78.4 cm³/mol. The quantitative estimate of drug-likeness (QED) is 0.615. The lowest BCUT2D eigenvalue weighted by Gasteiger charge is -2.27. The zero-order valence-electron chi connectivity index (χ0n) is 11.9. The van der Waals surface area contributed by atoms with Crippen LogP contribution in [-0.2, 0) is 0 Å². The van der Waals surface area contributed by atoms with Crippen LogP contribution >= 0.6 is 11.8 Å². The van der Waals surface area contributed by atoms with Crippen molar-refractivity contribution in [3.05, 3.63) is 0 Å². The van der Waals surface area contributed by atoms with Crippen LogP contribution in [0.15, 0.2) is 0 Å². The maximum atomic E-state index is 3.72. The van der Waals surface area contributed by atoms with E-state index in [1.54, 1.807) is 0 Å². The fourth-order valence-electron chi connectivity index (χ4n) is 1.89. The van der Waals surface area contributed by atoms with Gasteiger partial charge in [-0.15, -0.1) is 0 Å². The second-order valence-electron chi connectivity index (χ2n) is 5.02. The molecule has 0 aromatic heterocycles. The van der Waals surface area contributed by atoms with Crippen LogP contribution in [0, 0.1) is 5.92 Å². The first-order valence-electron chi connectivity index (χ1n) is 7.00. The van der Waals surface area contributed by atoms with Gasteiger partial charge in [0.1, 0.15) is 0 Å². The summed E-state index contributed by atoms with van der Waals surface area (Å²) in [5, 5.41) is 4.52. The van der Waals surface area contributed by atoms with Crippen LogP contribution in [-0.4, -0.2) is 23.6 Å². The smallest absolute Gasteiger partial charge is 0.0198 e. The first kappa shape index (κ1) is 16.3. The molecule has 0 aliphatic heterocycles. The molecule has 2 unspecified atom stereocenters. The summed E-state index contributed by atoms with van der Waals surface area (Å²) >= 11 is 2.17. The molecular formula is C14H31NS. The number of rotatable bonds is 10. The maximum Gasteiger partial charge on any atom is 0.0198 e. The molecule has 0 aromatic rings. The van der Waals surface area contributed by atoms with E-state index in [0.29, 0.717) is 0 Å². The Morgan fingerprint density at radius 3 is 2.19 bits per heavy atom. The van der Waals surface area contributed by atoms with E-state index >= 15 is 0 Å². The Morgan fingerprint density at radius 1 is 1.06 bits per heavy atom. The summed E-state index contributed by atoms with van der Waals surface area (Å²) in [4.78, 5) is 0. The monoisotopic (exact) mass is 245 g/mol. The van der Waals surface area contributed by atoms with Crippen LogP contribution in [0.1, 0.15) is 60.3 Å². The molecule has 0 aliphatic rings. The highest BCUT2D eigenvalue weighted by Crippen LogP contribution is 2.23. The van der Waals surface area contributed by atoms with Gasteiger partial charge in [-0.25, -0.2) is 0 Å². The number of nitrogens with one attached hydrogen (secondary N) is 1. The van der Waals surface area contributed by atoms with Crippen molar-refractivity contribution in [1.29, 1.82) is 0 Å². The third kappa shape index (κ3) is 7.56. The highest BCUT2D eigenvalue weighted by Gasteiger charge is 2.19. The van der Waals surface area contributed by atoms with Gasteiger partial charge in [-0.3, -0.25) is 0 Å². The highest BCUT2D eigenvalue weighted by atomic mass is 32.2. The van der Waals surface area contributed by atoms with Crippen molar-refractivity contribution in [2.45, 2.75) is 71.6 Å². The van der Waals surface area contributed by atoms with Gasteiger partial charge in [0.25, 0.3) is 0 Å². The Morgan fingerprint density at radius 2 is 1.75 bits per heavy atom. The topological polar surface area (TPSA) is 12.0 Å². The van der Waals surface area contributed by atoms with Crippen molar-refractivity contribution in [2.75, 3.05) is 12.3 Å². The molecule has 0 radical (unpaired) electrons. The second-order valence-corrected chi connectivity index (χ2v) is 6.30. The van der Waals surface area contributed by atoms with Crippen LogP contribution in [0.2, 0.25) is 0 Å². The molecule has 1 N–H and O–H groups in total. The first-order valence-corrected chi connectivity index (χ1v) is 8.05. The molecule has 98 valence electrons. The minimum atomic E-state index is 0.721. The number of hydrogen-bond donors (Lipinski definition) is 1. The van der Waals surface area contributed by atoms with Crippen molar-refractivity contribution in [1.82, 2.24) is 5.32 Å². The van der Waals surface area contributed by atoms with Crippen molar-refractivity contribution in [3.8, 4) is 0 Å². The molecule has 0 amide bonds. The Labute approximate surface area is 107 Å². The van der Waals surface area contributed by atoms with E-state index in [2.05, 4.69) is 51.7 Å². The third-order valence-electron chi connectivity index (χ3n) is 2.75. The van der Waals surface area contributed by atoms with E-state index in [0.717, 1.165) is 17.2 Å². The highest BCUT2D eigenvalue weighted by molar-refractivity contribution is 7.99. The molecule has 0 saturated carbocycles. The minimum Gasteiger partial charge on any atom is -0.313 e. The van der Waals surface area contributed by atoms with Crippen LogP contribution in [0.25, 0.3) is 0 Å². The molecule has 0 spiro atoms. The summed E-state index contributed by atoms with van der Waals surface area (Å²) in [6, 6.07) is 0.721. The Balaban J connectivity index is 4.09. The third-order valence-corrected chi connectivity index (χ3v) is 4.70. The predicted octanol–water partition coefficient (Wildman–Crippen LogP) is 4.32. The van der Waals surface area contributed by atoms with Crippen LogP contribution in [0.4, 0.5) is 0 Å². The van der Waals surface area contributed by atoms with E-state index in [9.17, 15) is 0 Å². The molecule has 0 aliphatic carbocycles. The van der Waals surface area contributed by atoms with Crippen LogP contribution in [0.5, 0.6) is 0 Å². The van der Waals surface area contributed by atoms with Crippen molar-refractivity contribution in [2.24, 2.45) is 5.92 Å². The summed E-state index contributed by atoms with van der Waals surface area (Å²) in [7, 11) is 0. The largest absolute Gasteiger partial charge is 0.313 e. The second kappa shape index (κ2) is 10.5. The van der Waals surface area contributed by atoms with E-state index < -0.39 is 0 Å². The zero-order valence-corrected chi connectivity index (χ0v) is 12.7. The van der Waals surface area contributed by atoms with E-state index in [1.165, 1.54) is 38.0 Å². The summed E-state index contributed by atoms with van der Waals surface area (Å²) < 4.78 is 0. The van der Waals surface area contributed by atoms with Gasteiger partial charge < -0.3 is 5.32 Å². The Hall–Kier alpha value is 0.310. The first-order chi connectivity index (χ1) is 7.65. The molecule has 0 aromatic carbocycles. The Kier molecular flexibility index (Phi) is 10.7.